The van der Waals surface area contributed by atoms with Gasteiger partial charge in [0.2, 0.25) is 0 Å². The molecule has 0 amide bonds. The second-order valence-electron chi connectivity index (χ2n) is 1.52. The van der Waals surface area contributed by atoms with Crippen molar-refractivity contribution < 1.29 is 8.78 Å². The summed E-state index contributed by atoms with van der Waals surface area (Å²) in [5.74, 6) is 0.0188. The molecule has 10 heavy (non-hydrogen) atoms. The lowest BCUT2D eigenvalue weighted by Crippen LogP contribution is -1.87. The third-order valence-corrected chi connectivity index (χ3v) is 0.850. The fraction of sp³-hybridized carbons (Fsp3) is 0.250. The maximum Gasteiger partial charge on any atom is 0.279 e. The molecule has 0 aliphatic rings. The van der Waals surface area contributed by atoms with Crippen molar-refractivity contribution in [1.29, 1.82) is 0 Å². The predicted octanol–water partition coefficient (Wildman–Crippen LogP) is 1.35. The molecule has 58 valence electrons. The Hall–Kier alpha value is -0.840. The van der Waals surface area contributed by atoms with Gasteiger partial charge in [-0.2, -0.15) is 0 Å². The third kappa shape index (κ3) is 1.84. The van der Waals surface area contributed by atoms with Crippen LogP contribution in [0.5, 0.6) is 0 Å². The maximum atomic E-state index is 11.7. The standard InChI is InChI=1S/C4H5F2N3.ClH/c5-3(6)2-1-8-4(7)9-2;/h1,3H,(H3,7,8,9);1H. The number of nitrogens with two attached hydrogens (primary N) is 1. The van der Waals surface area contributed by atoms with Crippen molar-refractivity contribution in [3.8, 4) is 0 Å². The van der Waals surface area contributed by atoms with Gasteiger partial charge in [-0.1, -0.05) is 0 Å². The van der Waals surface area contributed by atoms with Crippen LogP contribution in [0.3, 0.4) is 0 Å². The van der Waals surface area contributed by atoms with Crippen LogP contribution >= 0.6 is 12.4 Å². The van der Waals surface area contributed by atoms with Gasteiger partial charge < -0.3 is 10.7 Å². The van der Waals surface area contributed by atoms with E-state index < -0.39 is 6.43 Å². The Kier molecular flexibility index (Phi) is 3.08. The van der Waals surface area contributed by atoms with E-state index in [1.807, 2.05) is 0 Å². The second-order valence-corrected chi connectivity index (χ2v) is 1.52. The van der Waals surface area contributed by atoms with Crippen LogP contribution in [0.25, 0.3) is 0 Å². The molecule has 3 nitrogen and oxygen atoms in total. The molecule has 6 heteroatoms. The van der Waals surface area contributed by atoms with Crippen LogP contribution in [-0.4, -0.2) is 9.97 Å². The van der Waals surface area contributed by atoms with E-state index in [0.29, 0.717) is 0 Å². The van der Waals surface area contributed by atoms with E-state index in [1.54, 1.807) is 0 Å². The van der Waals surface area contributed by atoms with Crippen molar-refractivity contribution in [1.82, 2.24) is 9.97 Å². The zero-order valence-electron chi connectivity index (χ0n) is 4.84. The smallest absolute Gasteiger partial charge is 0.279 e. The first-order valence-corrected chi connectivity index (χ1v) is 2.28. The number of rotatable bonds is 1. The number of imidazole rings is 1. The number of aromatic amines is 1. The zero-order chi connectivity index (χ0) is 6.85. The van der Waals surface area contributed by atoms with E-state index in [9.17, 15) is 8.78 Å². The highest BCUT2D eigenvalue weighted by molar-refractivity contribution is 5.85. The number of hydrogen-bond acceptors (Lipinski definition) is 2. The largest absolute Gasteiger partial charge is 0.369 e. The molecule has 1 aromatic heterocycles. The number of nitrogens with one attached hydrogen (secondary N) is 1. The zero-order valence-corrected chi connectivity index (χ0v) is 5.66. The van der Waals surface area contributed by atoms with Crippen molar-refractivity contribution >= 4 is 18.4 Å². The van der Waals surface area contributed by atoms with Crippen LogP contribution in [0, 0.1) is 0 Å². The summed E-state index contributed by atoms with van der Waals surface area (Å²) in [5, 5.41) is 0. The first kappa shape index (κ1) is 9.16. The lowest BCUT2D eigenvalue weighted by Gasteiger charge is -1.88. The van der Waals surface area contributed by atoms with E-state index in [1.165, 1.54) is 0 Å². The van der Waals surface area contributed by atoms with Crippen molar-refractivity contribution in [2.45, 2.75) is 6.43 Å². The van der Waals surface area contributed by atoms with Crippen LogP contribution in [0.4, 0.5) is 14.7 Å². The second kappa shape index (κ2) is 3.36. The average molecular weight is 170 g/mol. The van der Waals surface area contributed by atoms with Gasteiger partial charge in [0.05, 0.1) is 6.20 Å². The van der Waals surface area contributed by atoms with E-state index in [-0.39, 0.29) is 24.0 Å². The number of nitrogen functional groups attached to an aromatic ring is 1. The minimum atomic E-state index is -2.52. The summed E-state index contributed by atoms with van der Waals surface area (Å²) in [7, 11) is 0. The number of anilines is 1. The summed E-state index contributed by atoms with van der Waals surface area (Å²) in [6.45, 7) is 0. The van der Waals surface area contributed by atoms with E-state index in [4.69, 9.17) is 5.73 Å². The Labute approximate surface area is 62.0 Å². The molecule has 0 aromatic carbocycles. The highest BCUT2D eigenvalue weighted by atomic mass is 35.5. The fourth-order valence-electron chi connectivity index (χ4n) is 0.462. The Morgan fingerprint density at radius 2 is 2.20 bits per heavy atom. The summed E-state index contributed by atoms with van der Waals surface area (Å²) >= 11 is 0. The van der Waals surface area contributed by atoms with Crippen molar-refractivity contribution in [3.63, 3.8) is 0 Å². The summed E-state index contributed by atoms with van der Waals surface area (Å²) in [4.78, 5) is 5.57. The summed E-state index contributed by atoms with van der Waals surface area (Å²) in [6.07, 6.45) is -1.50. The minimum Gasteiger partial charge on any atom is -0.369 e. The van der Waals surface area contributed by atoms with Crippen LogP contribution in [-0.2, 0) is 0 Å². The number of H-pyrrole nitrogens is 1. The molecule has 0 atom stereocenters. The van der Waals surface area contributed by atoms with E-state index >= 15 is 0 Å². The van der Waals surface area contributed by atoms with Gasteiger partial charge in [-0.15, -0.1) is 12.4 Å². The van der Waals surface area contributed by atoms with Gasteiger partial charge in [0.25, 0.3) is 6.43 Å². The molecular formula is C4H6ClF2N3. The molecule has 0 spiro atoms. The summed E-state index contributed by atoms with van der Waals surface area (Å²) < 4.78 is 23.3. The van der Waals surface area contributed by atoms with Gasteiger partial charge >= 0.3 is 0 Å². The van der Waals surface area contributed by atoms with Crippen molar-refractivity contribution in [2.24, 2.45) is 0 Å². The lowest BCUT2D eigenvalue weighted by molar-refractivity contribution is 0.146. The quantitative estimate of drug-likeness (QED) is 0.667. The van der Waals surface area contributed by atoms with Crippen molar-refractivity contribution in [3.05, 3.63) is 11.9 Å². The van der Waals surface area contributed by atoms with Crippen molar-refractivity contribution in [2.75, 3.05) is 5.73 Å². The molecule has 0 saturated carbocycles. The first-order valence-electron chi connectivity index (χ1n) is 2.28. The number of hydrogen-bond donors (Lipinski definition) is 2. The normalized spacial score (nSPS) is 9.50. The Bertz CT molecular complexity index is 200. The topological polar surface area (TPSA) is 54.7 Å². The molecular weight excluding hydrogens is 164 g/mol. The van der Waals surface area contributed by atoms with Crippen LogP contribution in [0.2, 0.25) is 0 Å². The molecule has 3 N–H and O–H groups in total. The van der Waals surface area contributed by atoms with Gasteiger partial charge in [-0.05, 0) is 0 Å². The molecule has 0 bridgehead atoms. The monoisotopic (exact) mass is 169 g/mol. The molecule has 0 fully saturated rings. The number of halogens is 3. The van der Waals surface area contributed by atoms with Crippen LogP contribution < -0.4 is 5.73 Å². The van der Waals surface area contributed by atoms with Gasteiger partial charge in [0, 0.05) is 0 Å². The average Bonchev–Trinajstić information content (AvgIpc) is 2.14. The van der Waals surface area contributed by atoms with E-state index in [2.05, 4.69) is 9.97 Å². The SMILES string of the molecule is Cl.Nc1ncc(C(F)F)[nH]1. The Morgan fingerprint density at radius 1 is 1.60 bits per heavy atom. The van der Waals surface area contributed by atoms with Gasteiger partial charge in [0.1, 0.15) is 5.69 Å². The predicted molar refractivity (Wildman–Crippen MR) is 35.2 cm³/mol. The molecule has 1 rings (SSSR count). The molecule has 1 heterocycles. The third-order valence-electron chi connectivity index (χ3n) is 0.850. The first-order chi connectivity index (χ1) is 4.20. The maximum absolute atomic E-state index is 11.7. The molecule has 1 aromatic rings. The lowest BCUT2D eigenvalue weighted by atomic mass is 10.5. The van der Waals surface area contributed by atoms with Gasteiger partial charge in [0.15, 0.2) is 5.95 Å². The van der Waals surface area contributed by atoms with Gasteiger partial charge in [-0.25, -0.2) is 13.8 Å². The number of aromatic nitrogens is 2. The minimum absolute atomic E-state index is 0. The molecule has 0 unspecified atom stereocenters. The summed E-state index contributed by atoms with van der Waals surface area (Å²) in [6, 6.07) is 0. The molecule has 0 aliphatic heterocycles. The highest BCUT2D eigenvalue weighted by Gasteiger charge is 2.07. The molecule has 0 saturated heterocycles. The van der Waals surface area contributed by atoms with Gasteiger partial charge in [-0.3, -0.25) is 0 Å². The van der Waals surface area contributed by atoms with Crippen LogP contribution in [0.15, 0.2) is 6.20 Å². The van der Waals surface area contributed by atoms with Crippen LogP contribution in [0.1, 0.15) is 12.1 Å². The molecule has 0 radical (unpaired) electrons. The molecule has 0 aliphatic carbocycles. The Balaban J connectivity index is 0.000000810. The Morgan fingerprint density at radius 3 is 2.40 bits per heavy atom. The number of alkyl halides is 2. The number of nitrogens with zero attached hydrogens (tertiary/aromatic N) is 1. The van der Waals surface area contributed by atoms with E-state index in [0.717, 1.165) is 6.20 Å². The highest BCUT2D eigenvalue weighted by Crippen LogP contribution is 2.15. The fourth-order valence-corrected chi connectivity index (χ4v) is 0.462. The summed E-state index contributed by atoms with van der Waals surface area (Å²) in [5.41, 5.74) is 4.77.